The van der Waals surface area contributed by atoms with Crippen molar-refractivity contribution in [2.75, 3.05) is 26.0 Å². The molecule has 0 aromatic heterocycles. The van der Waals surface area contributed by atoms with Gasteiger partial charge in [-0.1, -0.05) is 18.6 Å². The SMILES string of the molecule is CS(=O)(=O)c1ccc(C2(C(=O)NC[C@@H]3CCOC3)CCC2)cc1. The molecule has 1 aliphatic heterocycles. The second-order valence-corrected chi connectivity index (χ2v) is 8.69. The minimum absolute atomic E-state index is 0.0581. The monoisotopic (exact) mass is 337 g/mol. The molecular weight excluding hydrogens is 314 g/mol. The van der Waals surface area contributed by atoms with Gasteiger partial charge in [0.05, 0.1) is 16.9 Å². The molecule has 1 aliphatic carbocycles. The lowest BCUT2D eigenvalue weighted by molar-refractivity contribution is -0.130. The first-order valence-corrected chi connectivity index (χ1v) is 9.98. The number of carbonyl (C=O) groups is 1. The summed E-state index contributed by atoms with van der Waals surface area (Å²) < 4.78 is 28.5. The van der Waals surface area contributed by atoms with Crippen LogP contribution in [0.5, 0.6) is 0 Å². The number of nitrogens with one attached hydrogen (secondary N) is 1. The van der Waals surface area contributed by atoms with Crippen LogP contribution in [-0.2, 0) is 24.8 Å². The summed E-state index contributed by atoms with van der Waals surface area (Å²) in [4.78, 5) is 13.0. The Morgan fingerprint density at radius 1 is 1.30 bits per heavy atom. The van der Waals surface area contributed by atoms with Gasteiger partial charge in [-0.05, 0) is 37.0 Å². The molecule has 2 aliphatic rings. The number of amides is 1. The zero-order valence-corrected chi connectivity index (χ0v) is 14.2. The summed E-state index contributed by atoms with van der Waals surface area (Å²) in [7, 11) is -3.21. The normalized spacial score (nSPS) is 23.3. The fraction of sp³-hybridized carbons (Fsp3) is 0.588. The lowest BCUT2D eigenvalue weighted by atomic mass is 9.64. The standard InChI is InChI=1S/C17H23NO4S/c1-23(20,21)15-5-3-14(4-6-15)17(8-2-9-17)16(19)18-11-13-7-10-22-12-13/h3-6,13H,2,7-12H2,1H3,(H,18,19)/t13-/m0/s1. The van der Waals surface area contributed by atoms with Gasteiger partial charge in [0.15, 0.2) is 9.84 Å². The van der Waals surface area contributed by atoms with Crippen LogP contribution in [-0.4, -0.2) is 40.3 Å². The number of rotatable bonds is 5. The van der Waals surface area contributed by atoms with Gasteiger partial charge in [0.1, 0.15) is 0 Å². The Morgan fingerprint density at radius 3 is 2.48 bits per heavy atom. The number of carbonyl (C=O) groups excluding carboxylic acids is 1. The van der Waals surface area contributed by atoms with Crippen molar-refractivity contribution >= 4 is 15.7 Å². The van der Waals surface area contributed by atoms with E-state index in [2.05, 4.69) is 5.32 Å². The van der Waals surface area contributed by atoms with E-state index in [1.54, 1.807) is 24.3 Å². The third kappa shape index (κ3) is 3.28. The molecule has 1 atom stereocenters. The minimum atomic E-state index is -3.21. The van der Waals surface area contributed by atoms with Gasteiger partial charge >= 0.3 is 0 Å². The van der Waals surface area contributed by atoms with Crippen molar-refractivity contribution in [1.29, 1.82) is 0 Å². The highest BCUT2D eigenvalue weighted by Gasteiger charge is 2.45. The summed E-state index contributed by atoms with van der Waals surface area (Å²) in [6, 6.07) is 6.77. The van der Waals surface area contributed by atoms with Crippen molar-refractivity contribution in [1.82, 2.24) is 5.32 Å². The van der Waals surface area contributed by atoms with E-state index in [0.717, 1.165) is 44.5 Å². The Hall–Kier alpha value is -1.40. The molecule has 1 aromatic carbocycles. The van der Waals surface area contributed by atoms with Crippen molar-refractivity contribution in [2.24, 2.45) is 5.92 Å². The lowest BCUT2D eigenvalue weighted by Crippen LogP contribution is -2.50. The molecule has 2 fully saturated rings. The molecular formula is C17H23NO4S. The molecule has 6 heteroatoms. The molecule has 126 valence electrons. The van der Waals surface area contributed by atoms with Gasteiger partial charge in [0.25, 0.3) is 0 Å². The lowest BCUT2D eigenvalue weighted by Gasteiger charge is -2.41. The number of benzene rings is 1. The van der Waals surface area contributed by atoms with Crippen LogP contribution in [0.15, 0.2) is 29.2 Å². The number of ether oxygens (including phenoxy) is 1. The van der Waals surface area contributed by atoms with Crippen LogP contribution in [0.25, 0.3) is 0 Å². The summed E-state index contributed by atoms with van der Waals surface area (Å²) in [6.07, 6.45) is 4.85. The van der Waals surface area contributed by atoms with Crippen LogP contribution >= 0.6 is 0 Å². The molecule has 1 saturated heterocycles. The third-order valence-electron chi connectivity index (χ3n) is 5.05. The Bertz CT molecular complexity index is 671. The molecule has 1 heterocycles. The van der Waals surface area contributed by atoms with Gasteiger partial charge in [-0.15, -0.1) is 0 Å². The Morgan fingerprint density at radius 2 is 2.00 bits per heavy atom. The first kappa shape index (κ1) is 16.5. The average molecular weight is 337 g/mol. The van der Waals surface area contributed by atoms with Crippen LogP contribution in [0.3, 0.4) is 0 Å². The molecule has 1 saturated carbocycles. The van der Waals surface area contributed by atoms with Crippen molar-refractivity contribution in [3.8, 4) is 0 Å². The third-order valence-corrected chi connectivity index (χ3v) is 6.18. The summed E-state index contributed by atoms with van der Waals surface area (Å²) >= 11 is 0. The molecule has 0 bridgehead atoms. The predicted octanol–water partition coefficient (Wildman–Crippen LogP) is 1.66. The van der Waals surface area contributed by atoms with Crippen molar-refractivity contribution in [3.63, 3.8) is 0 Å². The molecule has 0 unspecified atom stereocenters. The largest absolute Gasteiger partial charge is 0.381 e. The van der Waals surface area contributed by atoms with Crippen LogP contribution in [0.4, 0.5) is 0 Å². The van der Waals surface area contributed by atoms with E-state index in [1.165, 1.54) is 6.26 Å². The average Bonchev–Trinajstić information content (AvgIpc) is 2.97. The summed E-state index contributed by atoms with van der Waals surface area (Å²) in [5.41, 5.74) is 0.423. The van der Waals surface area contributed by atoms with E-state index >= 15 is 0 Å². The van der Waals surface area contributed by atoms with Gasteiger partial charge in [-0.25, -0.2) is 8.42 Å². The van der Waals surface area contributed by atoms with Gasteiger partial charge in [-0.3, -0.25) is 4.79 Å². The fourth-order valence-corrected chi connectivity index (χ4v) is 3.98. The van der Waals surface area contributed by atoms with Crippen molar-refractivity contribution in [2.45, 2.75) is 36.0 Å². The van der Waals surface area contributed by atoms with Crippen LogP contribution in [0.2, 0.25) is 0 Å². The number of sulfone groups is 1. The second kappa shape index (κ2) is 6.24. The van der Waals surface area contributed by atoms with E-state index in [9.17, 15) is 13.2 Å². The van der Waals surface area contributed by atoms with E-state index in [0.29, 0.717) is 17.4 Å². The predicted molar refractivity (Wildman–Crippen MR) is 87.0 cm³/mol. The molecule has 1 aromatic rings. The maximum Gasteiger partial charge on any atom is 0.230 e. The van der Waals surface area contributed by atoms with E-state index in [4.69, 9.17) is 4.74 Å². The topological polar surface area (TPSA) is 72.5 Å². The molecule has 5 nitrogen and oxygen atoms in total. The molecule has 1 N–H and O–H groups in total. The summed E-state index contributed by atoms with van der Waals surface area (Å²) in [6.45, 7) is 2.15. The fourth-order valence-electron chi connectivity index (χ4n) is 3.35. The molecule has 0 radical (unpaired) electrons. The maximum atomic E-state index is 12.7. The number of hydrogen-bond donors (Lipinski definition) is 1. The smallest absolute Gasteiger partial charge is 0.230 e. The van der Waals surface area contributed by atoms with Crippen LogP contribution in [0, 0.1) is 5.92 Å². The highest BCUT2D eigenvalue weighted by molar-refractivity contribution is 7.90. The number of hydrogen-bond acceptors (Lipinski definition) is 4. The van der Waals surface area contributed by atoms with Gasteiger partial charge in [-0.2, -0.15) is 0 Å². The maximum absolute atomic E-state index is 12.7. The summed E-state index contributed by atoms with van der Waals surface area (Å²) in [5.74, 6) is 0.464. The van der Waals surface area contributed by atoms with Crippen molar-refractivity contribution < 1.29 is 17.9 Å². The Kier molecular flexibility index (Phi) is 4.47. The zero-order valence-electron chi connectivity index (χ0n) is 13.4. The Labute approximate surface area is 137 Å². The van der Waals surface area contributed by atoms with Gasteiger partial charge in [0, 0.05) is 25.3 Å². The van der Waals surface area contributed by atoms with Crippen molar-refractivity contribution in [3.05, 3.63) is 29.8 Å². The van der Waals surface area contributed by atoms with E-state index in [1.807, 2.05) is 0 Å². The van der Waals surface area contributed by atoms with E-state index < -0.39 is 15.3 Å². The summed E-state index contributed by atoms with van der Waals surface area (Å²) in [5, 5.41) is 3.07. The van der Waals surface area contributed by atoms with E-state index in [-0.39, 0.29) is 5.91 Å². The zero-order chi connectivity index (χ0) is 16.5. The highest BCUT2D eigenvalue weighted by atomic mass is 32.2. The second-order valence-electron chi connectivity index (χ2n) is 6.67. The van der Waals surface area contributed by atoms with Gasteiger partial charge in [0.2, 0.25) is 5.91 Å². The first-order valence-electron chi connectivity index (χ1n) is 8.08. The first-order chi connectivity index (χ1) is 10.9. The van der Waals surface area contributed by atoms with Crippen LogP contribution < -0.4 is 5.32 Å². The van der Waals surface area contributed by atoms with Crippen LogP contribution in [0.1, 0.15) is 31.2 Å². The molecule has 23 heavy (non-hydrogen) atoms. The van der Waals surface area contributed by atoms with Gasteiger partial charge < -0.3 is 10.1 Å². The molecule has 1 amide bonds. The molecule has 0 spiro atoms. The molecule has 3 rings (SSSR count). The minimum Gasteiger partial charge on any atom is -0.381 e. The Balaban J connectivity index is 1.73. The quantitative estimate of drug-likeness (QED) is 0.887. The highest BCUT2D eigenvalue weighted by Crippen LogP contribution is 2.44.